The van der Waals surface area contributed by atoms with Crippen LogP contribution in [0.1, 0.15) is 12.6 Å². The van der Waals surface area contributed by atoms with Crippen molar-refractivity contribution in [1.82, 2.24) is 10.3 Å². The molecule has 0 aliphatic rings. The third-order valence-corrected chi connectivity index (χ3v) is 0.940. The first kappa shape index (κ1) is 6.67. The Hall–Kier alpha value is -1.45. The lowest BCUT2D eigenvalue weighted by molar-refractivity contribution is 0.307. The van der Waals surface area contributed by atoms with Gasteiger partial charge in [-0.05, 0) is 23.3 Å². The van der Waals surface area contributed by atoms with Crippen LogP contribution in [-0.2, 0) is 0 Å². The third-order valence-electron chi connectivity index (χ3n) is 0.940. The molecule has 0 N–H and O–H groups in total. The highest BCUT2D eigenvalue weighted by molar-refractivity contribution is 5.63. The van der Waals surface area contributed by atoms with Gasteiger partial charge in [0.2, 0.25) is 5.82 Å². The Morgan fingerprint density at radius 3 is 3.00 bits per heavy atom. The van der Waals surface area contributed by atoms with Crippen molar-refractivity contribution in [2.24, 2.45) is 4.99 Å². The molecule has 0 unspecified atom stereocenters. The van der Waals surface area contributed by atoms with Gasteiger partial charge >= 0.3 is 0 Å². The van der Waals surface area contributed by atoms with Crippen molar-refractivity contribution in [2.45, 2.75) is 6.92 Å². The van der Waals surface area contributed by atoms with E-state index in [1.807, 2.05) is 0 Å². The maximum atomic E-state index is 4.40. The SMILES string of the molecule is C=Cc1nonc1N=CC. The first-order valence-electron chi connectivity index (χ1n) is 2.82. The number of aliphatic imine (C=N–C) groups is 1. The molecule has 1 heterocycles. The summed E-state index contributed by atoms with van der Waals surface area (Å²) in [5.74, 6) is 0.470. The number of hydrogen-bond acceptors (Lipinski definition) is 4. The second-order valence-corrected chi connectivity index (χ2v) is 1.56. The summed E-state index contributed by atoms with van der Waals surface area (Å²) in [7, 11) is 0. The second-order valence-electron chi connectivity index (χ2n) is 1.56. The topological polar surface area (TPSA) is 51.3 Å². The molecule has 0 radical (unpaired) electrons. The van der Waals surface area contributed by atoms with Crippen molar-refractivity contribution >= 4 is 18.1 Å². The molecule has 0 amide bonds. The molecule has 0 saturated heterocycles. The van der Waals surface area contributed by atoms with Gasteiger partial charge in [-0.3, -0.25) is 0 Å². The number of aromatic nitrogens is 2. The Balaban J connectivity index is 3.00. The highest BCUT2D eigenvalue weighted by Gasteiger charge is 2.01. The fourth-order valence-electron chi connectivity index (χ4n) is 0.531. The van der Waals surface area contributed by atoms with Gasteiger partial charge in [-0.15, -0.1) is 0 Å². The van der Waals surface area contributed by atoms with E-state index in [9.17, 15) is 0 Å². The summed E-state index contributed by atoms with van der Waals surface area (Å²) in [6, 6.07) is 0. The molecule has 0 aliphatic heterocycles. The molecule has 1 aromatic rings. The van der Waals surface area contributed by atoms with Crippen molar-refractivity contribution < 1.29 is 4.63 Å². The van der Waals surface area contributed by atoms with E-state index in [4.69, 9.17) is 0 Å². The predicted molar refractivity (Wildman–Crippen MR) is 38.2 cm³/mol. The summed E-state index contributed by atoms with van der Waals surface area (Å²) in [6.45, 7) is 5.30. The molecule has 0 atom stereocenters. The first-order chi connectivity index (χ1) is 4.88. The largest absolute Gasteiger partial charge is 0.242 e. The Morgan fingerprint density at radius 2 is 2.40 bits per heavy atom. The lowest BCUT2D eigenvalue weighted by Gasteiger charge is -1.79. The van der Waals surface area contributed by atoms with Gasteiger partial charge in [0.15, 0.2) is 5.69 Å². The van der Waals surface area contributed by atoms with E-state index in [2.05, 4.69) is 26.5 Å². The predicted octanol–water partition coefficient (Wildman–Crippen LogP) is 1.43. The molecule has 0 bridgehead atoms. The normalized spacial score (nSPS) is 10.5. The van der Waals surface area contributed by atoms with E-state index in [0.29, 0.717) is 11.5 Å². The van der Waals surface area contributed by atoms with Crippen LogP contribution in [0.3, 0.4) is 0 Å². The minimum atomic E-state index is 0.470. The molecule has 10 heavy (non-hydrogen) atoms. The van der Waals surface area contributed by atoms with Crippen LogP contribution in [0.15, 0.2) is 16.2 Å². The molecular formula is C6H7N3O. The number of nitrogens with zero attached hydrogens (tertiary/aromatic N) is 3. The summed E-state index contributed by atoms with van der Waals surface area (Å²) < 4.78 is 4.40. The van der Waals surface area contributed by atoms with Crippen molar-refractivity contribution in [1.29, 1.82) is 0 Å². The number of hydrogen-bond donors (Lipinski definition) is 0. The van der Waals surface area contributed by atoms with E-state index in [-0.39, 0.29) is 0 Å². The van der Waals surface area contributed by atoms with E-state index in [1.54, 1.807) is 19.2 Å². The van der Waals surface area contributed by atoms with Crippen molar-refractivity contribution in [2.75, 3.05) is 0 Å². The molecule has 52 valence electrons. The van der Waals surface area contributed by atoms with Crippen LogP contribution < -0.4 is 0 Å². The van der Waals surface area contributed by atoms with Gasteiger partial charge in [0, 0.05) is 6.21 Å². The monoisotopic (exact) mass is 137 g/mol. The summed E-state index contributed by atoms with van der Waals surface area (Å²) in [5.41, 5.74) is 0.568. The Morgan fingerprint density at radius 1 is 1.60 bits per heavy atom. The van der Waals surface area contributed by atoms with E-state index in [0.717, 1.165) is 0 Å². The molecule has 0 saturated carbocycles. The maximum absolute atomic E-state index is 4.40. The van der Waals surface area contributed by atoms with Gasteiger partial charge < -0.3 is 0 Å². The molecule has 1 aromatic heterocycles. The second kappa shape index (κ2) is 2.91. The maximum Gasteiger partial charge on any atom is 0.223 e. The minimum Gasteiger partial charge on any atom is -0.242 e. The van der Waals surface area contributed by atoms with Crippen LogP contribution in [0, 0.1) is 0 Å². The van der Waals surface area contributed by atoms with Gasteiger partial charge in [-0.2, -0.15) is 0 Å². The third kappa shape index (κ3) is 1.10. The Bertz CT molecular complexity index is 251. The van der Waals surface area contributed by atoms with Crippen LogP contribution in [0.25, 0.3) is 6.08 Å². The molecule has 4 heteroatoms. The van der Waals surface area contributed by atoms with Crippen LogP contribution >= 0.6 is 0 Å². The lowest BCUT2D eigenvalue weighted by Crippen LogP contribution is -1.69. The van der Waals surface area contributed by atoms with Crippen molar-refractivity contribution in [3.05, 3.63) is 12.3 Å². The summed E-state index contributed by atoms with van der Waals surface area (Å²) in [4.78, 5) is 3.87. The van der Waals surface area contributed by atoms with Crippen LogP contribution in [0.4, 0.5) is 5.82 Å². The zero-order chi connectivity index (χ0) is 7.40. The quantitative estimate of drug-likeness (QED) is 0.579. The average molecular weight is 137 g/mol. The average Bonchev–Trinajstić information content (AvgIpc) is 2.36. The van der Waals surface area contributed by atoms with Gasteiger partial charge in [-0.25, -0.2) is 9.62 Å². The van der Waals surface area contributed by atoms with Crippen molar-refractivity contribution in [3.63, 3.8) is 0 Å². The molecule has 1 rings (SSSR count). The smallest absolute Gasteiger partial charge is 0.223 e. The number of rotatable bonds is 2. The zero-order valence-electron chi connectivity index (χ0n) is 5.61. The summed E-state index contributed by atoms with van der Waals surface area (Å²) >= 11 is 0. The molecule has 0 fully saturated rings. The van der Waals surface area contributed by atoms with Crippen molar-refractivity contribution in [3.8, 4) is 0 Å². The van der Waals surface area contributed by atoms with E-state index < -0.39 is 0 Å². The lowest BCUT2D eigenvalue weighted by atomic mass is 10.4. The fraction of sp³-hybridized carbons (Fsp3) is 0.167. The molecule has 0 spiro atoms. The van der Waals surface area contributed by atoms with Crippen LogP contribution in [0.5, 0.6) is 0 Å². The summed E-state index contributed by atoms with van der Waals surface area (Å²) in [5, 5.41) is 7.06. The van der Waals surface area contributed by atoms with Crippen LogP contribution in [0.2, 0.25) is 0 Å². The standard InChI is InChI=1S/C6H7N3O/c1-3-5-6(7-4-2)9-10-8-5/h3-4H,1H2,2H3. The van der Waals surface area contributed by atoms with Gasteiger partial charge in [0.25, 0.3) is 0 Å². The molecule has 4 nitrogen and oxygen atoms in total. The highest BCUT2D eigenvalue weighted by atomic mass is 16.6. The van der Waals surface area contributed by atoms with Gasteiger partial charge in [-0.1, -0.05) is 6.58 Å². The molecule has 0 aliphatic carbocycles. The molecule has 0 aromatic carbocycles. The Labute approximate surface area is 58.2 Å². The summed E-state index contributed by atoms with van der Waals surface area (Å²) in [6.07, 6.45) is 3.16. The van der Waals surface area contributed by atoms with E-state index in [1.165, 1.54) is 0 Å². The first-order valence-corrected chi connectivity index (χ1v) is 2.82. The molecular weight excluding hydrogens is 130 g/mol. The van der Waals surface area contributed by atoms with E-state index >= 15 is 0 Å². The highest BCUT2D eigenvalue weighted by Crippen LogP contribution is 2.12. The zero-order valence-corrected chi connectivity index (χ0v) is 5.61. The van der Waals surface area contributed by atoms with Gasteiger partial charge in [0.05, 0.1) is 0 Å². The fourth-order valence-corrected chi connectivity index (χ4v) is 0.531. The minimum absolute atomic E-state index is 0.470. The van der Waals surface area contributed by atoms with Crippen LogP contribution in [-0.4, -0.2) is 16.5 Å². The Kier molecular flexibility index (Phi) is 1.94. The van der Waals surface area contributed by atoms with Gasteiger partial charge in [0.1, 0.15) is 0 Å².